The molecule has 0 spiro atoms. The lowest BCUT2D eigenvalue weighted by atomic mass is 9.99. The standard InChI is InChI=1S/C11H20N4S/c1-8(7-10-5-3-4-6-12-10)13-11-15-14-9(2)16-11/h8,10,12H,3-7H2,1-2H3,(H,13,15). The van der Waals surface area contributed by atoms with Crippen LogP contribution >= 0.6 is 11.3 Å². The normalized spacial score (nSPS) is 23.0. The lowest BCUT2D eigenvalue weighted by Gasteiger charge is -2.26. The van der Waals surface area contributed by atoms with E-state index in [0.717, 1.165) is 10.1 Å². The van der Waals surface area contributed by atoms with E-state index in [1.54, 1.807) is 11.3 Å². The molecule has 1 aliphatic rings. The molecule has 1 aromatic rings. The Balaban J connectivity index is 1.77. The summed E-state index contributed by atoms with van der Waals surface area (Å²) in [7, 11) is 0. The maximum absolute atomic E-state index is 4.09. The Bertz CT molecular complexity index is 320. The molecule has 1 saturated heterocycles. The van der Waals surface area contributed by atoms with E-state index in [9.17, 15) is 0 Å². The summed E-state index contributed by atoms with van der Waals surface area (Å²) < 4.78 is 0. The molecule has 1 aromatic heterocycles. The number of rotatable bonds is 4. The molecule has 0 saturated carbocycles. The van der Waals surface area contributed by atoms with Crippen molar-refractivity contribution in [2.75, 3.05) is 11.9 Å². The SMILES string of the molecule is Cc1nnc(NC(C)CC2CCCCN2)s1. The smallest absolute Gasteiger partial charge is 0.205 e. The van der Waals surface area contributed by atoms with Gasteiger partial charge in [-0.25, -0.2) is 0 Å². The predicted octanol–water partition coefficient (Wildman–Crippen LogP) is 2.18. The first kappa shape index (κ1) is 11.8. The lowest BCUT2D eigenvalue weighted by Crippen LogP contribution is -2.37. The number of hydrogen-bond acceptors (Lipinski definition) is 5. The van der Waals surface area contributed by atoms with Gasteiger partial charge in [-0.3, -0.25) is 0 Å². The number of hydrogen-bond donors (Lipinski definition) is 2. The summed E-state index contributed by atoms with van der Waals surface area (Å²) in [6.45, 7) is 5.37. The Morgan fingerprint density at radius 2 is 2.38 bits per heavy atom. The van der Waals surface area contributed by atoms with Gasteiger partial charge in [-0.2, -0.15) is 0 Å². The molecule has 16 heavy (non-hydrogen) atoms. The van der Waals surface area contributed by atoms with Crippen LogP contribution in [0.15, 0.2) is 0 Å². The van der Waals surface area contributed by atoms with Crippen LogP contribution in [-0.2, 0) is 0 Å². The van der Waals surface area contributed by atoms with E-state index in [4.69, 9.17) is 0 Å². The molecule has 90 valence electrons. The molecular weight excluding hydrogens is 220 g/mol. The van der Waals surface area contributed by atoms with Crippen molar-refractivity contribution in [3.05, 3.63) is 5.01 Å². The van der Waals surface area contributed by atoms with Gasteiger partial charge in [-0.05, 0) is 39.7 Å². The average Bonchev–Trinajstić information content (AvgIpc) is 2.65. The summed E-state index contributed by atoms with van der Waals surface area (Å²) in [4.78, 5) is 0. The van der Waals surface area contributed by atoms with Crippen LogP contribution < -0.4 is 10.6 Å². The second-order valence-corrected chi connectivity index (χ2v) is 5.74. The Labute approximate surface area is 101 Å². The highest BCUT2D eigenvalue weighted by molar-refractivity contribution is 7.15. The van der Waals surface area contributed by atoms with E-state index in [-0.39, 0.29) is 0 Å². The van der Waals surface area contributed by atoms with Gasteiger partial charge in [0.15, 0.2) is 0 Å². The van der Waals surface area contributed by atoms with Gasteiger partial charge in [0.25, 0.3) is 0 Å². The van der Waals surface area contributed by atoms with Gasteiger partial charge in [-0.15, -0.1) is 10.2 Å². The molecule has 2 N–H and O–H groups in total. The predicted molar refractivity (Wildman–Crippen MR) is 68.0 cm³/mol. The molecule has 2 rings (SSSR count). The third-order valence-corrected chi connectivity index (χ3v) is 3.72. The van der Waals surface area contributed by atoms with Crippen molar-refractivity contribution in [1.82, 2.24) is 15.5 Å². The van der Waals surface area contributed by atoms with Crippen molar-refractivity contribution in [3.8, 4) is 0 Å². The molecule has 2 unspecified atom stereocenters. The zero-order valence-electron chi connectivity index (χ0n) is 9.99. The van der Waals surface area contributed by atoms with E-state index >= 15 is 0 Å². The molecule has 1 aliphatic heterocycles. The van der Waals surface area contributed by atoms with Gasteiger partial charge in [0.1, 0.15) is 5.01 Å². The quantitative estimate of drug-likeness (QED) is 0.847. The highest BCUT2D eigenvalue weighted by Crippen LogP contribution is 2.18. The second-order valence-electron chi connectivity index (χ2n) is 4.55. The van der Waals surface area contributed by atoms with Crippen molar-refractivity contribution >= 4 is 16.5 Å². The second kappa shape index (κ2) is 5.59. The molecule has 0 bridgehead atoms. The van der Waals surface area contributed by atoms with E-state index in [1.807, 2.05) is 6.92 Å². The maximum atomic E-state index is 4.09. The van der Waals surface area contributed by atoms with Crippen LogP contribution in [0.2, 0.25) is 0 Å². The zero-order valence-corrected chi connectivity index (χ0v) is 10.8. The Morgan fingerprint density at radius 3 is 3.00 bits per heavy atom. The molecule has 4 nitrogen and oxygen atoms in total. The molecule has 0 aliphatic carbocycles. The third kappa shape index (κ3) is 3.42. The number of nitrogens with zero attached hydrogens (tertiary/aromatic N) is 2. The number of aromatic nitrogens is 2. The first-order valence-electron chi connectivity index (χ1n) is 6.04. The fraction of sp³-hybridized carbons (Fsp3) is 0.818. The van der Waals surface area contributed by atoms with Gasteiger partial charge in [-0.1, -0.05) is 17.8 Å². The molecular formula is C11H20N4S. The van der Waals surface area contributed by atoms with Crippen LogP contribution in [0.5, 0.6) is 0 Å². The van der Waals surface area contributed by atoms with E-state index < -0.39 is 0 Å². The zero-order chi connectivity index (χ0) is 11.4. The van der Waals surface area contributed by atoms with E-state index in [1.165, 1.54) is 32.2 Å². The van der Waals surface area contributed by atoms with Gasteiger partial charge in [0, 0.05) is 12.1 Å². The van der Waals surface area contributed by atoms with Crippen LogP contribution in [0.3, 0.4) is 0 Å². The van der Waals surface area contributed by atoms with E-state index in [2.05, 4.69) is 27.8 Å². The monoisotopic (exact) mass is 240 g/mol. The molecule has 1 fully saturated rings. The Kier molecular flexibility index (Phi) is 4.12. The fourth-order valence-electron chi connectivity index (χ4n) is 2.18. The average molecular weight is 240 g/mol. The summed E-state index contributed by atoms with van der Waals surface area (Å²) in [6, 6.07) is 1.13. The van der Waals surface area contributed by atoms with Crippen molar-refractivity contribution in [3.63, 3.8) is 0 Å². The van der Waals surface area contributed by atoms with Crippen LogP contribution in [0.4, 0.5) is 5.13 Å². The van der Waals surface area contributed by atoms with Crippen LogP contribution in [0, 0.1) is 6.92 Å². The summed E-state index contributed by atoms with van der Waals surface area (Å²) >= 11 is 1.62. The number of nitrogens with one attached hydrogen (secondary N) is 2. The highest BCUT2D eigenvalue weighted by atomic mass is 32.1. The van der Waals surface area contributed by atoms with Crippen LogP contribution in [-0.4, -0.2) is 28.8 Å². The molecule has 5 heteroatoms. The first-order chi connectivity index (χ1) is 7.74. The van der Waals surface area contributed by atoms with Crippen LogP contribution in [0.25, 0.3) is 0 Å². The summed E-state index contributed by atoms with van der Waals surface area (Å²) in [5.74, 6) is 0. The number of aryl methyl sites for hydroxylation is 1. The highest BCUT2D eigenvalue weighted by Gasteiger charge is 2.16. The van der Waals surface area contributed by atoms with Gasteiger partial charge < -0.3 is 10.6 Å². The molecule has 0 radical (unpaired) electrons. The molecule has 2 heterocycles. The summed E-state index contributed by atoms with van der Waals surface area (Å²) in [5.41, 5.74) is 0. The van der Waals surface area contributed by atoms with Crippen molar-refractivity contribution in [1.29, 1.82) is 0 Å². The van der Waals surface area contributed by atoms with E-state index in [0.29, 0.717) is 12.1 Å². The largest absolute Gasteiger partial charge is 0.358 e. The minimum absolute atomic E-state index is 0.461. The Morgan fingerprint density at radius 1 is 1.50 bits per heavy atom. The van der Waals surface area contributed by atoms with Crippen molar-refractivity contribution in [2.45, 2.75) is 51.6 Å². The topological polar surface area (TPSA) is 49.8 Å². The minimum atomic E-state index is 0.461. The van der Waals surface area contributed by atoms with Crippen molar-refractivity contribution in [2.24, 2.45) is 0 Å². The molecule has 2 atom stereocenters. The molecule has 0 amide bonds. The number of anilines is 1. The van der Waals surface area contributed by atoms with Gasteiger partial charge >= 0.3 is 0 Å². The third-order valence-electron chi connectivity index (χ3n) is 2.95. The van der Waals surface area contributed by atoms with Gasteiger partial charge in [0.05, 0.1) is 0 Å². The van der Waals surface area contributed by atoms with Gasteiger partial charge in [0.2, 0.25) is 5.13 Å². The Hall–Kier alpha value is -0.680. The first-order valence-corrected chi connectivity index (χ1v) is 6.85. The summed E-state index contributed by atoms with van der Waals surface area (Å²) in [5, 5.41) is 17.0. The summed E-state index contributed by atoms with van der Waals surface area (Å²) in [6.07, 6.45) is 5.16. The fourth-order valence-corrected chi connectivity index (χ4v) is 2.88. The van der Waals surface area contributed by atoms with Crippen LogP contribution in [0.1, 0.15) is 37.6 Å². The molecule has 0 aromatic carbocycles. The minimum Gasteiger partial charge on any atom is -0.358 e. The van der Waals surface area contributed by atoms with Crippen molar-refractivity contribution < 1.29 is 0 Å². The lowest BCUT2D eigenvalue weighted by molar-refractivity contribution is 0.371. The maximum Gasteiger partial charge on any atom is 0.205 e. The number of piperidine rings is 1.